The summed E-state index contributed by atoms with van der Waals surface area (Å²) >= 11 is 0. The summed E-state index contributed by atoms with van der Waals surface area (Å²) in [5.74, 6) is 1.01. The van der Waals surface area contributed by atoms with Gasteiger partial charge in [-0.2, -0.15) is 0 Å². The fourth-order valence-electron chi connectivity index (χ4n) is 4.68. The molecule has 2 heterocycles. The SMILES string of the molecule is Oc1ccccc1-c1cccc(-c2[c-]c(N(c3cccc(Cc4ccccc4)c3)c3ccccn3)ccc2)n1.[Pt]. The molecule has 0 fully saturated rings. The fraction of sp³-hybridized carbons (Fsp3) is 0.0286. The fourth-order valence-corrected chi connectivity index (χ4v) is 4.68. The number of benzene rings is 4. The molecule has 0 aliphatic carbocycles. The number of phenolic OH excluding ortho intramolecular Hbond substituents is 1. The van der Waals surface area contributed by atoms with Crippen molar-refractivity contribution in [3.05, 3.63) is 157 Å². The zero-order valence-electron chi connectivity index (χ0n) is 21.6. The van der Waals surface area contributed by atoms with Crippen LogP contribution in [0, 0.1) is 6.07 Å². The van der Waals surface area contributed by atoms with Gasteiger partial charge in [0.15, 0.2) is 0 Å². The Morgan fingerprint density at radius 1 is 0.650 bits per heavy atom. The smallest absolute Gasteiger partial charge is 0.136 e. The molecule has 4 nitrogen and oxygen atoms in total. The zero-order valence-corrected chi connectivity index (χ0v) is 23.9. The van der Waals surface area contributed by atoms with Gasteiger partial charge in [0, 0.05) is 38.5 Å². The number of anilines is 3. The number of aromatic nitrogens is 2. The molecule has 0 amide bonds. The maximum atomic E-state index is 10.3. The van der Waals surface area contributed by atoms with Gasteiger partial charge >= 0.3 is 0 Å². The van der Waals surface area contributed by atoms with E-state index in [0.717, 1.165) is 34.9 Å². The molecule has 0 spiro atoms. The minimum Gasteiger partial charge on any atom is -0.507 e. The van der Waals surface area contributed by atoms with Crippen molar-refractivity contribution in [1.82, 2.24) is 9.97 Å². The van der Waals surface area contributed by atoms with Gasteiger partial charge in [0.2, 0.25) is 0 Å². The largest absolute Gasteiger partial charge is 0.507 e. The molecule has 4 aromatic carbocycles. The van der Waals surface area contributed by atoms with Crippen LogP contribution >= 0.6 is 0 Å². The summed E-state index contributed by atoms with van der Waals surface area (Å²) in [6.07, 6.45) is 2.65. The predicted molar refractivity (Wildman–Crippen MR) is 157 cm³/mol. The van der Waals surface area contributed by atoms with Gasteiger partial charge in [-0.15, -0.1) is 29.8 Å². The first-order valence-electron chi connectivity index (χ1n) is 12.9. The van der Waals surface area contributed by atoms with E-state index in [4.69, 9.17) is 4.98 Å². The Morgan fingerprint density at radius 2 is 1.38 bits per heavy atom. The second-order valence-corrected chi connectivity index (χ2v) is 9.23. The maximum Gasteiger partial charge on any atom is 0.136 e. The van der Waals surface area contributed by atoms with E-state index < -0.39 is 0 Å². The van der Waals surface area contributed by atoms with Gasteiger partial charge in [0.25, 0.3) is 0 Å². The van der Waals surface area contributed by atoms with Crippen LogP contribution in [0.25, 0.3) is 22.5 Å². The van der Waals surface area contributed by atoms with E-state index in [2.05, 4.69) is 64.5 Å². The molecule has 0 aliphatic heterocycles. The molecule has 198 valence electrons. The normalized spacial score (nSPS) is 10.5. The van der Waals surface area contributed by atoms with Crippen molar-refractivity contribution in [3.8, 4) is 28.3 Å². The van der Waals surface area contributed by atoms with Gasteiger partial charge in [-0.05, 0) is 71.4 Å². The van der Waals surface area contributed by atoms with Crippen molar-refractivity contribution in [1.29, 1.82) is 0 Å². The summed E-state index contributed by atoms with van der Waals surface area (Å²) in [6, 6.07) is 47.6. The minimum atomic E-state index is 0. The average Bonchev–Trinajstić information content (AvgIpc) is 2.99. The van der Waals surface area contributed by atoms with E-state index in [1.807, 2.05) is 72.8 Å². The Hall–Kier alpha value is -4.53. The summed E-state index contributed by atoms with van der Waals surface area (Å²) < 4.78 is 0. The van der Waals surface area contributed by atoms with Crippen LogP contribution in [0.15, 0.2) is 140 Å². The molecule has 0 atom stereocenters. The minimum absolute atomic E-state index is 0. The van der Waals surface area contributed by atoms with Crippen molar-refractivity contribution in [2.45, 2.75) is 6.42 Å². The number of pyridine rings is 2. The number of para-hydroxylation sites is 1. The van der Waals surface area contributed by atoms with Gasteiger partial charge in [-0.3, -0.25) is 4.98 Å². The third kappa shape index (κ3) is 6.03. The second kappa shape index (κ2) is 12.5. The van der Waals surface area contributed by atoms with E-state index in [0.29, 0.717) is 11.3 Å². The number of phenols is 1. The van der Waals surface area contributed by atoms with Crippen LogP contribution in [0.3, 0.4) is 0 Å². The van der Waals surface area contributed by atoms with Crippen molar-refractivity contribution in [2.24, 2.45) is 0 Å². The molecule has 0 radical (unpaired) electrons. The molecule has 0 unspecified atom stereocenters. The molecule has 0 aliphatic rings. The summed E-state index contributed by atoms with van der Waals surface area (Å²) in [7, 11) is 0. The number of aromatic hydroxyl groups is 1. The van der Waals surface area contributed by atoms with Crippen LogP contribution in [0.4, 0.5) is 17.2 Å². The molecular formula is C35H26N3OPt-. The van der Waals surface area contributed by atoms with Crippen LogP contribution in [-0.2, 0) is 27.5 Å². The quantitative estimate of drug-likeness (QED) is 0.170. The van der Waals surface area contributed by atoms with E-state index in [9.17, 15) is 5.11 Å². The van der Waals surface area contributed by atoms with Crippen molar-refractivity contribution in [3.63, 3.8) is 0 Å². The van der Waals surface area contributed by atoms with Gasteiger partial charge in [-0.1, -0.05) is 72.8 Å². The summed E-state index contributed by atoms with van der Waals surface area (Å²) in [5, 5.41) is 10.3. The summed E-state index contributed by atoms with van der Waals surface area (Å²) in [4.78, 5) is 11.6. The van der Waals surface area contributed by atoms with Crippen LogP contribution in [0.5, 0.6) is 5.75 Å². The first kappa shape index (κ1) is 27.1. The van der Waals surface area contributed by atoms with E-state index in [-0.39, 0.29) is 26.8 Å². The van der Waals surface area contributed by atoms with Gasteiger partial charge in [0.05, 0.1) is 5.69 Å². The Morgan fingerprint density at radius 3 is 2.20 bits per heavy atom. The third-order valence-electron chi connectivity index (χ3n) is 6.52. The number of hydrogen-bond acceptors (Lipinski definition) is 4. The van der Waals surface area contributed by atoms with Crippen molar-refractivity contribution < 1.29 is 26.2 Å². The molecule has 6 rings (SSSR count). The molecule has 6 aromatic rings. The van der Waals surface area contributed by atoms with Crippen LogP contribution in [0.2, 0.25) is 0 Å². The first-order chi connectivity index (χ1) is 19.2. The number of rotatable bonds is 7. The first-order valence-corrected chi connectivity index (χ1v) is 12.9. The van der Waals surface area contributed by atoms with E-state index >= 15 is 0 Å². The van der Waals surface area contributed by atoms with Crippen LogP contribution in [-0.4, -0.2) is 15.1 Å². The standard InChI is InChI=1S/C35H26N3O.Pt/c39-34-20-5-4-17-31(34)33-19-10-18-32(37-33)28-14-9-16-30(25-28)38(35-21-6-7-22-36-35)29-15-8-13-27(24-29)23-26-11-2-1-3-12-26;/h1-22,24,39H,23H2;/q-1;. The predicted octanol–water partition coefficient (Wildman–Crippen LogP) is 8.37. The summed E-state index contributed by atoms with van der Waals surface area (Å²) in [5.41, 5.74) is 7.38. The second-order valence-electron chi connectivity index (χ2n) is 9.23. The molecular weight excluding hydrogens is 673 g/mol. The molecule has 40 heavy (non-hydrogen) atoms. The molecule has 1 N–H and O–H groups in total. The van der Waals surface area contributed by atoms with Crippen molar-refractivity contribution in [2.75, 3.05) is 4.90 Å². The molecule has 2 aromatic heterocycles. The Balaban J connectivity index is 0.00000323. The van der Waals surface area contributed by atoms with Crippen LogP contribution in [0.1, 0.15) is 11.1 Å². The monoisotopic (exact) mass is 699 g/mol. The third-order valence-corrected chi connectivity index (χ3v) is 6.52. The van der Waals surface area contributed by atoms with E-state index in [1.165, 1.54) is 11.1 Å². The number of hydrogen-bond donors (Lipinski definition) is 1. The molecule has 0 saturated carbocycles. The maximum absolute atomic E-state index is 10.3. The topological polar surface area (TPSA) is 49.2 Å². The molecule has 0 saturated heterocycles. The molecule has 0 bridgehead atoms. The van der Waals surface area contributed by atoms with Gasteiger partial charge in [-0.25, -0.2) is 4.98 Å². The number of nitrogens with zero attached hydrogens (tertiary/aromatic N) is 3. The molecule has 5 heteroatoms. The van der Waals surface area contributed by atoms with E-state index in [1.54, 1.807) is 18.3 Å². The van der Waals surface area contributed by atoms with Crippen LogP contribution < -0.4 is 4.90 Å². The van der Waals surface area contributed by atoms with Crippen molar-refractivity contribution >= 4 is 17.2 Å². The van der Waals surface area contributed by atoms with Gasteiger partial charge in [0.1, 0.15) is 11.6 Å². The average molecular weight is 700 g/mol. The Labute approximate surface area is 248 Å². The zero-order chi connectivity index (χ0) is 26.4. The van der Waals surface area contributed by atoms with Gasteiger partial charge < -0.3 is 10.0 Å². The Kier molecular flexibility index (Phi) is 8.49. The summed E-state index contributed by atoms with van der Waals surface area (Å²) in [6.45, 7) is 0. The Bertz CT molecular complexity index is 1710.